The number of hydrogen-bond acceptors (Lipinski definition) is 2. The molecule has 0 N–H and O–H groups in total. The first-order chi connectivity index (χ1) is 9.14. The SMILES string of the molecule is CCN(CC)C1(C(=O)C2CCCC(C)C2)CCCC1. The number of carbonyl (C=O) groups is 1. The molecule has 2 heteroatoms. The van der Waals surface area contributed by atoms with Crippen molar-refractivity contribution in [3.05, 3.63) is 0 Å². The van der Waals surface area contributed by atoms with Crippen LogP contribution < -0.4 is 0 Å². The minimum absolute atomic E-state index is 0.0920. The molecule has 0 aromatic carbocycles. The number of rotatable bonds is 5. The van der Waals surface area contributed by atoms with E-state index in [4.69, 9.17) is 0 Å². The summed E-state index contributed by atoms with van der Waals surface area (Å²) in [4.78, 5) is 15.6. The molecule has 2 aliphatic rings. The molecule has 0 heterocycles. The van der Waals surface area contributed by atoms with Gasteiger partial charge in [0.15, 0.2) is 5.78 Å². The van der Waals surface area contributed by atoms with Gasteiger partial charge in [-0.2, -0.15) is 0 Å². The van der Waals surface area contributed by atoms with E-state index in [1.54, 1.807) is 0 Å². The summed E-state index contributed by atoms with van der Waals surface area (Å²) in [7, 11) is 0. The number of likely N-dealkylation sites (N-methyl/N-ethyl adjacent to an activating group) is 1. The molecule has 2 rings (SSSR count). The summed E-state index contributed by atoms with van der Waals surface area (Å²) in [5.74, 6) is 1.69. The molecule has 0 aliphatic heterocycles. The predicted molar refractivity (Wildman–Crippen MR) is 80.2 cm³/mol. The topological polar surface area (TPSA) is 20.3 Å². The van der Waals surface area contributed by atoms with Gasteiger partial charge in [-0.1, -0.05) is 46.5 Å². The fourth-order valence-corrected chi connectivity index (χ4v) is 4.56. The van der Waals surface area contributed by atoms with Gasteiger partial charge in [0.25, 0.3) is 0 Å². The van der Waals surface area contributed by atoms with Gasteiger partial charge in [-0.25, -0.2) is 0 Å². The van der Waals surface area contributed by atoms with Crippen molar-refractivity contribution in [3.8, 4) is 0 Å². The Balaban J connectivity index is 2.16. The van der Waals surface area contributed by atoms with Gasteiger partial charge in [0, 0.05) is 5.92 Å². The average Bonchev–Trinajstić information content (AvgIpc) is 2.90. The molecule has 0 saturated heterocycles. The summed E-state index contributed by atoms with van der Waals surface area (Å²) in [6, 6.07) is 0. The van der Waals surface area contributed by atoms with Crippen LogP contribution in [0, 0.1) is 11.8 Å². The van der Waals surface area contributed by atoms with Crippen LogP contribution in [0.4, 0.5) is 0 Å². The number of nitrogens with zero attached hydrogens (tertiary/aromatic N) is 1. The summed E-state index contributed by atoms with van der Waals surface area (Å²) in [6.07, 6.45) is 9.56. The zero-order valence-electron chi connectivity index (χ0n) is 13.1. The maximum absolute atomic E-state index is 13.2. The molecule has 2 unspecified atom stereocenters. The lowest BCUT2D eigenvalue weighted by Crippen LogP contribution is -2.55. The zero-order valence-corrected chi connectivity index (χ0v) is 13.1. The van der Waals surface area contributed by atoms with E-state index in [-0.39, 0.29) is 5.54 Å². The zero-order chi connectivity index (χ0) is 13.9. The third-order valence-corrected chi connectivity index (χ3v) is 5.57. The Hall–Kier alpha value is -0.370. The van der Waals surface area contributed by atoms with Crippen molar-refractivity contribution in [2.24, 2.45) is 11.8 Å². The molecule has 0 aromatic rings. The number of hydrogen-bond donors (Lipinski definition) is 0. The Kier molecular flexibility index (Phi) is 5.05. The largest absolute Gasteiger partial charge is 0.297 e. The van der Waals surface area contributed by atoms with Crippen LogP contribution in [-0.2, 0) is 4.79 Å². The van der Waals surface area contributed by atoms with E-state index in [0.717, 1.165) is 44.7 Å². The molecule has 0 amide bonds. The van der Waals surface area contributed by atoms with Crippen molar-refractivity contribution in [1.82, 2.24) is 4.90 Å². The molecule has 0 bridgehead atoms. The van der Waals surface area contributed by atoms with Crippen LogP contribution in [0.5, 0.6) is 0 Å². The van der Waals surface area contributed by atoms with E-state index in [9.17, 15) is 4.79 Å². The van der Waals surface area contributed by atoms with E-state index in [1.165, 1.54) is 25.7 Å². The van der Waals surface area contributed by atoms with Crippen molar-refractivity contribution < 1.29 is 4.79 Å². The number of ketones is 1. The third-order valence-electron chi connectivity index (χ3n) is 5.57. The van der Waals surface area contributed by atoms with Crippen molar-refractivity contribution in [2.75, 3.05) is 13.1 Å². The van der Waals surface area contributed by atoms with E-state index >= 15 is 0 Å². The second-order valence-corrected chi connectivity index (χ2v) is 6.74. The first kappa shape index (κ1) is 15.0. The monoisotopic (exact) mass is 265 g/mol. The normalized spacial score (nSPS) is 30.7. The maximum atomic E-state index is 13.2. The van der Waals surface area contributed by atoms with Crippen LogP contribution >= 0.6 is 0 Å². The average molecular weight is 265 g/mol. The van der Waals surface area contributed by atoms with E-state index < -0.39 is 0 Å². The number of carbonyl (C=O) groups excluding carboxylic acids is 1. The van der Waals surface area contributed by atoms with Crippen LogP contribution in [0.2, 0.25) is 0 Å². The lowest BCUT2D eigenvalue weighted by atomic mass is 9.73. The lowest BCUT2D eigenvalue weighted by Gasteiger charge is -2.42. The molecule has 0 spiro atoms. The fourth-order valence-electron chi connectivity index (χ4n) is 4.56. The van der Waals surface area contributed by atoms with Crippen LogP contribution in [-0.4, -0.2) is 29.3 Å². The van der Waals surface area contributed by atoms with E-state index in [2.05, 4.69) is 25.7 Å². The van der Waals surface area contributed by atoms with Gasteiger partial charge in [0.05, 0.1) is 5.54 Å². The smallest absolute Gasteiger partial charge is 0.156 e. The van der Waals surface area contributed by atoms with Crippen LogP contribution in [0.3, 0.4) is 0 Å². The second kappa shape index (κ2) is 6.39. The molecule has 0 aromatic heterocycles. The summed E-state index contributed by atoms with van der Waals surface area (Å²) in [6.45, 7) is 8.77. The Morgan fingerprint density at radius 3 is 2.26 bits per heavy atom. The number of Topliss-reactive ketones (excluding diaryl/α,β-unsaturated/α-hetero) is 1. The lowest BCUT2D eigenvalue weighted by molar-refractivity contribution is -0.136. The quantitative estimate of drug-likeness (QED) is 0.748. The Morgan fingerprint density at radius 1 is 1.11 bits per heavy atom. The first-order valence-electron chi connectivity index (χ1n) is 8.43. The highest BCUT2D eigenvalue weighted by molar-refractivity contribution is 5.91. The van der Waals surface area contributed by atoms with Crippen molar-refractivity contribution in [3.63, 3.8) is 0 Å². The summed E-state index contributed by atoms with van der Waals surface area (Å²) >= 11 is 0. The van der Waals surface area contributed by atoms with Gasteiger partial charge < -0.3 is 0 Å². The molecule has 2 fully saturated rings. The van der Waals surface area contributed by atoms with Crippen LogP contribution in [0.25, 0.3) is 0 Å². The minimum Gasteiger partial charge on any atom is -0.297 e. The van der Waals surface area contributed by atoms with Crippen molar-refractivity contribution in [2.45, 2.75) is 77.7 Å². The van der Waals surface area contributed by atoms with Gasteiger partial charge in [-0.3, -0.25) is 9.69 Å². The molecule has 2 atom stereocenters. The fraction of sp³-hybridized carbons (Fsp3) is 0.941. The summed E-state index contributed by atoms with van der Waals surface area (Å²) < 4.78 is 0. The van der Waals surface area contributed by atoms with Gasteiger partial charge in [0.1, 0.15) is 0 Å². The molecule has 110 valence electrons. The van der Waals surface area contributed by atoms with Gasteiger partial charge >= 0.3 is 0 Å². The van der Waals surface area contributed by atoms with Crippen molar-refractivity contribution in [1.29, 1.82) is 0 Å². The molecule has 0 radical (unpaired) electrons. The standard InChI is InChI=1S/C17H31NO/c1-4-18(5-2)17(11-6-7-12-17)16(19)15-10-8-9-14(3)13-15/h14-15H,4-13H2,1-3H3. The molecule has 2 aliphatic carbocycles. The van der Waals surface area contributed by atoms with Crippen molar-refractivity contribution >= 4 is 5.78 Å². The summed E-state index contributed by atoms with van der Waals surface area (Å²) in [5, 5.41) is 0. The van der Waals surface area contributed by atoms with Crippen LogP contribution in [0.15, 0.2) is 0 Å². The first-order valence-corrected chi connectivity index (χ1v) is 8.43. The Labute approximate surface area is 118 Å². The predicted octanol–water partition coefficient (Wildman–Crippen LogP) is 4.04. The molecular weight excluding hydrogens is 234 g/mol. The van der Waals surface area contributed by atoms with Gasteiger partial charge in [-0.15, -0.1) is 0 Å². The third kappa shape index (κ3) is 2.89. The molecular formula is C17H31NO. The van der Waals surface area contributed by atoms with Gasteiger partial charge in [-0.05, 0) is 44.7 Å². The Bertz CT molecular complexity index is 302. The van der Waals surface area contributed by atoms with E-state index in [1.807, 2.05) is 0 Å². The maximum Gasteiger partial charge on any atom is 0.156 e. The molecule has 2 saturated carbocycles. The highest BCUT2D eigenvalue weighted by atomic mass is 16.1. The summed E-state index contributed by atoms with van der Waals surface area (Å²) in [5.41, 5.74) is -0.0920. The minimum atomic E-state index is -0.0920. The van der Waals surface area contributed by atoms with Crippen LogP contribution in [0.1, 0.15) is 72.1 Å². The highest BCUT2D eigenvalue weighted by Crippen LogP contribution is 2.41. The second-order valence-electron chi connectivity index (χ2n) is 6.74. The Morgan fingerprint density at radius 2 is 1.74 bits per heavy atom. The molecule has 2 nitrogen and oxygen atoms in total. The highest BCUT2D eigenvalue weighted by Gasteiger charge is 2.47. The molecule has 19 heavy (non-hydrogen) atoms. The van der Waals surface area contributed by atoms with Gasteiger partial charge in [0.2, 0.25) is 0 Å². The van der Waals surface area contributed by atoms with E-state index in [0.29, 0.717) is 11.7 Å².